The first-order valence-corrected chi connectivity index (χ1v) is 9.38. The third-order valence-electron chi connectivity index (χ3n) is 4.77. The lowest BCUT2D eigenvalue weighted by Gasteiger charge is -2.21. The van der Waals surface area contributed by atoms with Crippen molar-refractivity contribution in [3.05, 3.63) is 127 Å². The number of halogens is 1. The Labute approximate surface area is 171 Å². The average Bonchev–Trinajstić information content (AvgIpc) is 2.73. The summed E-state index contributed by atoms with van der Waals surface area (Å²) in [7, 11) is 0. The van der Waals surface area contributed by atoms with Crippen molar-refractivity contribution in [1.82, 2.24) is 9.55 Å². The maximum atomic E-state index is 12.9. The first-order chi connectivity index (χ1) is 14.1. The highest BCUT2D eigenvalue weighted by Gasteiger charge is 2.27. The van der Waals surface area contributed by atoms with Crippen LogP contribution in [-0.2, 0) is 0 Å². The van der Waals surface area contributed by atoms with E-state index < -0.39 is 23.0 Å². The molecule has 6 heteroatoms. The molecule has 0 radical (unpaired) electrons. The fraction of sp³-hybridized carbons (Fsp3) is 0.0435. The van der Waals surface area contributed by atoms with Crippen LogP contribution in [0.4, 0.5) is 0 Å². The van der Waals surface area contributed by atoms with Crippen LogP contribution in [0.1, 0.15) is 22.6 Å². The van der Waals surface area contributed by atoms with Gasteiger partial charge < -0.3 is 5.11 Å². The second-order valence-corrected chi connectivity index (χ2v) is 6.94. The topological polar surface area (TPSA) is 75.1 Å². The van der Waals surface area contributed by atoms with Crippen LogP contribution in [-0.4, -0.2) is 14.7 Å². The number of rotatable bonds is 4. The number of aromatic hydroxyl groups is 1. The number of aromatic amines is 1. The molecule has 0 aliphatic rings. The van der Waals surface area contributed by atoms with E-state index in [2.05, 4.69) is 4.98 Å². The Bertz CT molecular complexity index is 1230. The summed E-state index contributed by atoms with van der Waals surface area (Å²) in [6.07, 6.45) is 0. The molecule has 0 aliphatic carbocycles. The quantitative estimate of drug-likeness (QED) is 0.538. The second kappa shape index (κ2) is 7.81. The zero-order chi connectivity index (χ0) is 20.4. The van der Waals surface area contributed by atoms with Gasteiger partial charge in [-0.2, -0.15) is 0 Å². The van der Waals surface area contributed by atoms with Crippen molar-refractivity contribution in [3.8, 4) is 11.6 Å². The first-order valence-electron chi connectivity index (χ1n) is 9.01. The summed E-state index contributed by atoms with van der Waals surface area (Å²) in [6, 6.07) is 25.3. The molecule has 0 spiro atoms. The normalized spacial score (nSPS) is 11.0. The van der Waals surface area contributed by atoms with Crippen LogP contribution in [0.5, 0.6) is 5.88 Å². The van der Waals surface area contributed by atoms with Gasteiger partial charge in [-0.3, -0.25) is 9.78 Å². The Morgan fingerprint density at radius 3 is 1.86 bits per heavy atom. The Morgan fingerprint density at radius 1 is 0.793 bits per heavy atom. The molecule has 0 aliphatic heterocycles. The number of nitrogens with one attached hydrogen (secondary N) is 1. The van der Waals surface area contributed by atoms with Gasteiger partial charge in [-0.1, -0.05) is 84.4 Å². The number of H-pyrrole nitrogens is 1. The second-order valence-electron chi connectivity index (χ2n) is 6.54. The Morgan fingerprint density at radius 2 is 1.31 bits per heavy atom. The summed E-state index contributed by atoms with van der Waals surface area (Å²) in [5.74, 6) is -1.01. The molecule has 0 saturated heterocycles. The van der Waals surface area contributed by atoms with E-state index in [-0.39, 0.29) is 16.3 Å². The Balaban J connectivity index is 2.05. The lowest BCUT2D eigenvalue weighted by atomic mass is 9.86. The third-order valence-corrected chi connectivity index (χ3v) is 5.09. The van der Waals surface area contributed by atoms with E-state index in [1.165, 1.54) is 0 Å². The molecule has 0 bridgehead atoms. The molecular weight excluding hydrogens is 388 g/mol. The third kappa shape index (κ3) is 3.48. The van der Waals surface area contributed by atoms with Gasteiger partial charge in [-0.05, 0) is 23.3 Å². The number of benzene rings is 3. The molecule has 4 aromatic rings. The van der Waals surface area contributed by atoms with Crippen LogP contribution in [0.15, 0.2) is 94.5 Å². The van der Waals surface area contributed by atoms with Crippen molar-refractivity contribution >= 4 is 11.6 Å². The van der Waals surface area contributed by atoms with Gasteiger partial charge >= 0.3 is 5.69 Å². The minimum atomic E-state index is -0.760. The molecule has 144 valence electrons. The van der Waals surface area contributed by atoms with E-state index in [1.54, 1.807) is 24.3 Å². The Hall–Kier alpha value is -3.57. The van der Waals surface area contributed by atoms with Crippen molar-refractivity contribution in [1.29, 1.82) is 0 Å². The maximum Gasteiger partial charge on any atom is 0.335 e. The zero-order valence-corrected chi connectivity index (χ0v) is 16.0. The van der Waals surface area contributed by atoms with Crippen LogP contribution < -0.4 is 11.2 Å². The summed E-state index contributed by atoms with van der Waals surface area (Å²) in [6.45, 7) is 0. The van der Waals surface area contributed by atoms with Gasteiger partial charge in [0, 0.05) is 5.92 Å². The fourth-order valence-electron chi connectivity index (χ4n) is 3.47. The van der Waals surface area contributed by atoms with Gasteiger partial charge in [0.15, 0.2) is 0 Å². The van der Waals surface area contributed by atoms with E-state index in [1.807, 2.05) is 60.7 Å². The molecule has 0 unspecified atom stereocenters. The number of para-hydroxylation sites is 1. The summed E-state index contributed by atoms with van der Waals surface area (Å²) in [5, 5.41) is 11.4. The minimum absolute atomic E-state index is 0.0712. The lowest BCUT2D eigenvalue weighted by molar-refractivity contribution is 0.422. The van der Waals surface area contributed by atoms with E-state index in [9.17, 15) is 14.7 Å². The van der Waals surface area contributed by atoms with Gasteiger partial charge in [0.25, 0.3) is 5.56 Å². The molecule has 3 aromatic carbocycles. The molecule has 5 nitrogen and oxygen atoms in total. The number of nitrogens with zero attached hydrogens (tertiary/aromatic N) is 1. The van der Waals surface area contributed by atoms with Crippen LogP contribution in [0.2, 0.25) is 5.02 Å². The summed E-state index contributed by atoms with van der Waals surface area (Å²) in [4.78, 5) is 27.7. The van der Waals surface area contributed by atoms with Crippen LogP contribution >= 0.6 is 11.6 Å². The van der Waals surface area contributed by atoms with Crippen molar-refractivity contribution in [2.75, 3.05) is 0 Å². The van der Waals surface area contributed by atoms with E-state index in [4.69, 9.17) is 11.6 Å². The van der Waals surface area contributed by atoms with Gasteiger partial charge in [-0.15, -0.1) is 0 Å². The summed E-state index contributed by atoms with van der Waals surface area (Å²) >= 11 is 6.25. The first kappa shape index (κ1) is 18.8. The minimum Gasteiger partial charge on any atom is -0.494 e. The fourth-order valence-corrected chi connectivity index (χ4v) is 3.69. The predicted molar refractivity (Wildman–Crippen MR) is 113 cm³/mol. The SMILES string of the molecule is O=c1[nH]c(=O)n(-c2ccccc2Cl)c(O)c1C(c1ccccc1)c1ccccc1. The van der Waals surface area contributed by atoms with Gasteiger partial charge in [-0.25, -0.2) is 9.36 Å². The van der Waals surface area contributed by atoms with Crippen molar-refractivity contribution in [2.45, 2.75) is 5.92 Å². The highest BCUT2D eigenvalue weighted by molar-refractivity contribution is 6.32. The van der Waals surface area contributed by atoms with E-state index in [0.29, 0.717) is 0 Å². The monoisotopic (exact) mass is 404 g/mol. The Kier molecular flexibility index (Phi) is 5.06. The molecule has 29 heavy (non-hydrogen) atoms. The molecule has 0 saturated carbocycles. The van der Waals surface area contributed by atoms with Crippen molar-refractivity contribution in [2.24, 2.45) is 0 Å². The molecule has 0 fully saturated rings. The number of aromatic nitrogens is 2. The van der Waals surface area contributed by atoms with Gasteiger partial charge in [0.2, 0.25) is 5.88 Å². The van der Waals surface area contributed by atoms with E-state index in [0.717, 1.165) is 15.7 Å². The molecular formula is C23H17ClN2O3. The molecule has 0 amide bonds. The zero-order valence-electron chi connectivity index (χ0n) is 15.2. The van der Waals surface area contributed by atoms with Gasteiger partial charge in [0.05, 0.1) is 16.3 Å². The molecule has 1 aromatic heterocycles. The summed E-state index contributed by atoms with van der Waals surface area (Å²) in [5.41, 5.74) is 0.571. The number of hydrogen-bond acceptors (Lipinski definition) is 3. The van der Waals surface area contributed by atoms with Crippen LogP contribution in [0.3, 0.4) is 0 Å². The number of hydrogen-bond donors (Lipinski definition) is 2. The largest absolute Gasteiger partial charge is 0.494 e. The summed E-state index contributed by atoms with van der Waals surface area (Å²) < 4.78 is 1.03. The smallest absolute Gasteiger partial charge is 0.335 e. The highest BCUT2D eigenvalue weighted by Crippen LogP contribution is 2.35. The van der Waals surface area contributed by atoms with E-state index >= 15 is 0 Å². The van der Waals surface area contributed by atoms with Crippen LogP contribution in [0, 0.1) is 0 Å². The lowest BCUT2D eigenvalue weighted by Crippen LogP contribution is -2.33. The molecule has 1 heterocycles. The maximum absolute atomic E-state index is 12.9. The average molecular weight is 405 g/mol. The molecule has 2 N–H and O–H groups in total. The van der Waals surface area contributed by atoms with Crippen LogP contribution in [0.25, 0.3) is 5.69 Å². The predicted octanol–water partition coefficient (Wildman–Crippen LogP) is 4.07. The highest BCUT2D eigenvalue weighted by atomic mass is 35.5. The van der Waals surface area contributed by atoms with Gasteiger partial charge in [0.1, 0.15) is 0 Å². The molecule has 0 atom stereocenters. The molecule has 4 rings (SSSR count). The van der Waals surface area contributed by atoms with Crippen molar-refractivity contribution < 1.29 is 5.11 Å². The van der Waals surface area contributed by atoms with Crippen molar-refractivity contribution in [3.63, 3.8) is 0 Å². The standard InChI is InChI=1S/C23H17ClN2O3/c24-17-13-7-8-14-18(17)26-22(28)20(21(27)25-23(26)29)19(15-9-3-1-4-10-15)16-11-5-2-6-12-16/h1-14,19,28H,(H,25,27,29).